The minimum absolute atomic E-state index is 0.00754. The van der Waals surface area contributed by atoms with Crippen molar-refractivity contribution < 1.29 is 9.59 Å². The Balaban J connectivity index is 2.10. The highest BCUT2D eigenvalue weighted by Crippen LogP contribution is 2.18. The van der Waals surface area contributed by atoms with Crippen molar-refractivity contribution in [3.63, 3.8) is 0 Å². The van der Waals surface area contributed by atoms with Crippen LogP contribution in [0, 0.1) is 19.8 Å². The van der Waals surface area contributed by atoms with E-state index in [1.54, 1.807) is 29.4 Å². The van der Waals surface area contributed by atoms with E-state index in [9.17, 15) is 9.59 Å². The molecular weight excluding hydrogens is 332 g/mol. The first-order valence-electron chi connectivity index (χ1n) is 8.45. The van der Waals surface area contributed by atoms with Crippen LogP contribution in [0.3, 0.4) is 0 Å². The van der Waals surface area contributed by atoms with E-state index >= 15 is 0 Å². The molecule has 0 aliphatic rings. The van der Waals surface area contributed by atoms with Gasteiger partial charge in [0.1, 0.15) is 6.04 Å². The minimum Gasteiger partial charge on any atom is -0.340 e. The largest absolute Gasteiger partial charge is 0.340 e. The van der Waals surface area contributed by atoms with Crippen LogP contribution in [0.5, 0.6) is 0 Å². The second kappa shape index (κ2) is 8.30. The summed E-state index contributed by atoms with van der Waals surface area (Å²) in [7, 11) is 1.79. The van der Waals surface area contributed by atoms with Gasteiger partial charge in [-0.2, -0.15) is 0 Å². The minimum atomic E-state index is -0.543. The monoisotopic (exact) mass is 358 g/mol. The SMILES string of the molecule is Cc1cccc(C(=O)NC(C(=O)N(C)Cc2sccc2C)C(C)C)c1. The van der Waals surface area contributed by atoms with Crippen molar-refractivity contribution in [1.29, 1.82) is 0 Å². The zero-order valence-corrected chi connectivity index (χ0v) is 16.3. The molecule has 0 saturated carbocycles. The van der Waals surface area contributed by atoms with Crippen molar-refractivity contribution in [2.75, 3.05) is 7.05 Å². The van der Waals surface area contributed by atoms with E-state index in [1.165, 1.54) is 10.4 Å². The van der Waals surface area contributed by atoms with Gasteiger partial charge in [0.15, 0.2) is 0 Å². The summed E-state index contributed by atoms with van der Waals surface area (Å²) < 4.78 is 0. The number of carbonyl (C=O) groups is 2. The summed E-state index contributed by atoms with van der Waals surface area (Å²) in [6.45, 7) is 8.45. The summed E-state index contributed by atoms with van der Waals surface area (Å²) in [6.07, 6.45) is 0. The Morgan fingerprint density at radius 1 is 1.20 bits per heavy atom. The molecule has 0 saturated heterocycles. The normalized spacial score (nSPS) is 12.1. The van der Waals surface area contributed by atoms with Crippen molar-refractivity contribution in [2.24, 2.45) is 5.92 Å². The Morgan fingerprint density at radius 3 is 2.48 bits per heavy atom. The molecule has 4 nitrogen and oxygen atoms in total. The van der Waals surface area contributed by atoms with Gasteiger partial charge in [0, 0.05) is 17.5 Å². The van der Waals surface area contributed by atoms with E-state index in [0.717, 1.165) is 5.56 Å². The van der Waals surface area contributed by atoms with Crippen LogP contribution in [0.2, 0.25) is 0 Å². The lowest BCUT2D eigenvalue weighted by Crippen LogP contribution is -2.50. The van der Waals surface area contributed by atoms with Gasteiger partial charge in [0.2, 0.25) is 5.91 Å². The van der Waals surface area contributed by atoms with Gasteiger partial charge in [-0.05, 0) is 48.9 Å². The van der Waals surface area contributed by atoms with Crippen LogP contribution < -0.4 is 5.32 Å². The number of rotatable bonds is 6. The molecule has 1 N–H and O–H groups in total. The van der Waals surface area contributed by atoms with Gasteiger partial charge in [-0.25, -0.2) is 0 Å². The molecule has 0 aliphatic carbocycles. The van der Waals surface area contributed by atoms with Crippen LogP contribution in [-0.4, -0.2) is 29.8 Å². The second-order valence-corrected chi connectivity index (χ2v) is 7.79. The van der Waals surface area contributed by atoms with E-state index in [1.807, 2.05) is 51.3 Å². The molecular formula is C20H26N2O2S. The Morgan fingerprint density at radius 2 is 1.92 bits per heavy atom. The van der Waals surface area contributed by atoms with Crippen LogP contribution in [0.4, 0.5) is 0 Å². The highest BCUT2D eigenvalue weighted by molar-refractivity contribution is 7.10. The fourth-order valence-corrected chi connectivity index (χ4v) is 3.58. The number of thiophene rings is 1. The molecule has 0 bridgehead atoms. The number of aryl methyl sites for hydroxylation is 2. The first kappa shape index (κ1) is 19.2. The summed E-state index contributed by atoms with van der Waals surface area (Å²) in [6, 6.07) is 8.90. The molecule has 2 amide bonds. The molecule has 2 aromatic rings. The molecule has 0 radical (unpaired) electrons. The molecule has 1 unspecified atom stereocenters. The number of nitrogens with one attached hydrogen (secondary N) is 1. The summed E-state index contributed by atoms with van der Waals surface area (Å²) in [5.41, 5.74) is 2.79. The molecule has 1 aromatic carbocycles. The molecule has 1 aromatic heterocycles. The van der Waals surface area contributed by atoms with Crippen LogP contribution in [-0.2, 0) is 11.3 Å². The summed E-state index contributed by atoms with van der Waals surface area (Å²) in [5, 5.41) is 4.94. The van der Waals surface area contributed by atoms with Crippen molar-refractivity contribution in [1.82, 2.24) is 10.2 Å². The molecule has 0 fully saturated rings. The molecule has 0 aliphatic heterocycles. The van der Waals surface area contributed by atoms with Gasteiger partial charge in [-0.3, -0.25) is 9.59 Å². The third-order valence-electron chi connectivity index (χ3n) is 4.22. The lowest BCUT2D eigenvalue weighted by Gasteiger charge is -2.27. The zero-order valence-electron chi connectivity index (χ0n) is 15.5. The maximum absolute atomic E-state index is 12.9. The van der Waals surface area contributed by atoms with Crippen LogP contribution in [0.1, 0.15) is 40.2 Å². The summed E-state index contributed by atoms with van der Waals surface area (Å²) in [5.74, 6) is -0.270. The smallest absolute Gasteiger partial charge is 0.251 e. The highest BCUT2D eigenvalue weighted by atomic mass is 32.1. The van der Waals surface area contributed by atoms with Crippen LogP contribution >= 0.6 is 11.3 Å². The molecule has 2 rings (SSSR count). The highest BCUT2D eigenvalue weighted by Gasteiger charge is 2.27. The Hall–Kier alpha value is -2.14. The average molecular weight is 359 g/mol. The number of carbonyl (C=O) groups excluding carboxylic acids is 2. The number of hydrogen-bond donors (Lipinski definition) is 1. The maximum atomic E-state index is 12.9. The van der Waals surface area contributed by atoms with E-state index in [4.69, 9.17) is 0 Å². The Kier molecular flexibility index (Phi) is 6.37. The van der Waals surface area contributed by atoms with Gasteiger partial charge in [0.25, 0.3) is 5.91 Å². The van der Waals surface area contributed by atoms with Crippen molar-refractivity contribution in [2.45, 2.75) is 40.3 Å². The quantitative estimate of drug-likeness (QED) is 0.854. The van der Waals surface area contributed by atoms with Crippen molar-refractivity contribution in [3.05, 3.63) is 57.3 Å². The maximum Gasteiger partial charge on any atom is 0.251 e. The Bertz CT molecular complexity index is 752. The zero-order chi connectivity index (χ0) is 18.6. The van der Waals surface area contributed by atoms with E-state index in [0.29, 0.717) is 12.1 Å². The third-order valence-corrected chi connectivity index (χ3v) is 5.23. The van der Waals surface area contributed by atoms with E-state index in [-0.39, 0.29) is 17.7 Å². The van der Waals surface area contributed by atoms with Crippen LogP contribution in [0.25, 0.3) is 0 Å². The number of amides is 2. The number of benzene rings is 1. The predicted molar refractivity (Wildman–Crippen MR) is 103 cm³/mol. The molecule has 1 heterocycles. The second-order valence-electron chi connectivity index (χ2n) is 6.79. The average Bonchev–Trinajstić information content (AvgIpc) is 2.96. The third kappa shape index (κ3) is 4.92. The molecule has 134 valence electrons. The molecule has 25 heavy (non-hydrogen) atoms. The standard InChI is InChI=1S/C20H26N2O2S/c1-13(2)18(21-19(23)16-8-6-7-14(3)11-16)20(24)22(5)12-17-15(4)9-10-25-17/h6-11,13,18H,12H2,1-5H3,(H,21,23). The van der Waals surface area contributed by atoms with E-state index in [2.05, 4.69) is 11.4 Å². The summed E-state index contributed by atoms with van der Waals surface area (Å²) in [4.78, 5) is 28.3. The van der Waals surface area contributed by atoms with Gasteiger partial charge in [-0.1, -0.05) is 31.5 Å². The fourth-order valence-electron chi connectivity index (χ4n) is 2.62. The van der Waals surface area contributed by atoms with Crippen molar-refractivity contribution in [3.8, 4) is 0 Å². The van der Waals surface area contributed by atoms with Gasteiger partial charge in [0.05, 0.1) is 6.54 Å². The number of likely N-dealkylation sites (N-methyl/N-ethyl adjacent to an activating group) is 1. The first-order chi connectivity index (χ1) is 11.8. The fraction of sp³-hybridized carbons (Fsp3) is 0.400. The topological polar surface area (TPSA) is 49.4 Å². The summed E-state index contributed by atoms with van der Waals surface area (Å²) >= 11 is 1.65. The molecule has 5 heteroatoms. The van der Waals surface area contributed by atoms with Crippen molar-refractivity contribution >= 4 is 23.2 Å². The molecule has 1 atom stereocenters. The Labute approximate surface area is 153 Å². The van der Waals surface area contributed by atoms with Crippen LogP contribution in [0.15, 0.2) is 35.7 Å². The predicted octanol–water partition coefficient (Wildman–Crippen LogP) is 3.78. The van der Waals surface area contributed by atoms with Gasteiger partial charge in [-0.15, -0.1) is 11.3 Å². The lowest BCUT2D eigenvalue weighted by atomic mass is 10.0. The first-order valence-corrected chi connectivity index (χ1v) is 9.33. The van der Waals surface area contributed by atoms with Gasteiger partial charge >= 0.3 is 0 Å². The number of nitrogens with zero attached hydrogens (tertiary/aromatic N) is 1. The number of hydrogen-bond acceptors (Lipinski definition) is 3. The van der Waals surface area contributed by atoms with Gasteiger partial charge < -0.3 is 10.2 Å². The molecule has 0 spiro atoms. The van der Waals surface area contributed by atoms with E-state index < -0.39 is 6.04 Å². The lowest BCUT2D eigenvalue weighted by molar-refractivity contribution is -0.133.